The van der Waals surface area contributed by atoms with Crippen LogP contribution < -0.4 is 4.74 Å². The zero-order valence-corrected chi connectivity index (χ0v) is 22.2. The number of ether oxygens (including phenoxy) is 2. The maximum Gasteiger partial charge on any atom is 0.308 e. The Morgan fingerprint density at radius 2 is 1.73 bits per heavy atom. The number of allylic oxidation sites excluding steroid dienone is 1. The molecule has 0 N–H and O–H groups in total. The number of fused-ring (bicyclic) bond motifs is 3. The number of hydrogen-bond acceptors (Lipinski definition) is 6. The third-order valence-electron chi connectivity index (χ3n) is 9.88. The Balaban J connectivity index is 1.45. The lowest BCUT2D eigenvalue weighted by molar-refractivity contribution is -0.168. The smallest absolute Gasteiger partial charge is 0.308 e. The minimum Gasteiger partial charge on any atom is -0.453 e. The van der Waals surface area contributed by atoms with E-state index in [1.165, 1.54) is 25.0 Å². The van der Waals surface area contributed by atoms with Crippen LogP contribution in [0.25, 0.3) is 0 Å². The predicted octanol–water partition coefficient (Wildman–Crippen LogP) is 5.16. The minimum atomic E-state index is -3.77. The zero-order chi connectivity index (χ0) is 26.2. The fourth-order valence-corrected chi connectivity index (χ4v) is 10.6. The summed E-state index contributed by atoms with van der Waals surface area (Å²) in [5.41, 5.74) is 0.340. The molecule has 0 aliphatic heterocycles. The van der Waals surface area contributed by atoms with Gasteiger partial charge < -0.3 is 9.47 Å². The Morgan fingerprint density at radius 3 is 2.43 bits per heavy atom. The molecule has 1 unspecified atom stereocenters. The number of sulfone groups is 1. The highest BCUT2D eigenvalue weighted by Gasteiger charge is 2.78. The van der Waals surface area contributed by atoms with Gasteiger partial charge in [-0.15, -0.1) is 0 Å². The van der Waals surface area contributed by atoms with E-state index in [2.05, 4.69) is 19.1 Å². The van der Waals surface area contributed by atoms with Crippen molar-refractivity contribution in [2.24, 2.45) is 16.7 Å². The first-order valence-corrected chi connectivity index (χ1v) is 14.6. The number of carbonyl (C=O) groups excluding carboxylic acids is 2. The summed E-state index contributed by atoms with van der Waals surface area (Å²) in [5, 5.41) is -0.840. The average molecular weight is 521 g/mol. The van der Waals surface area contributed by atoms with Crippen molar-refractivity contribution in [2.75, 3.05) is 0 Å². The summed E-state index contributed by atoms with van der Waals surface area (Å²) in [6, 6.07) is 14.5. The van der Waals surface area contributed by atoms with Crippen LogP contribution in [-0.4, -0.2) is 31.2 Å². The summed E-state index contributed by atoms with van der Waals surface area (Å²) in [7, 11) is -3.77. The second-order valence-electron chi connectivity index (χ2n) is 11.4. The first-order chi connectivity index (χ1) is 17.5. The minimum absolute atomic E-state index is 0.225. The Morgan fingerprint density at radius 1 is 0.973 bits per heavy atom. The largest absolute Gasteiger partial charge is 0.453 e. The van der Waals surface area contributed by atoms with Crippen LogP contribution in [0, 0.1) is 16.7 Å². The first-order valence-electron chi connectivity index (χ1n) is 13.0. The van der Waals surface area contributed by atoms with Gasteiger partial charge in [0, 0.05) is 24.7 Å². The summed E-state index contributed by atoms with van der Waals surface area (Å²) in [6.07, 6.45) is 7.91. The molecule has 0 heterocycles. The fourth-order valence-electron chi connectivity index (χ4n) is 8.43. The molecule has 2 saturated carbocycles. The third kappa shape index (κ3) is 3.19. The van der Waals surface area contributed by atoms with Gasteiger partial charge in [0.15, 0.2) is 15.4 Å². The summed E-state index contributed by atoms with van der Waals surface area (Å²) < 4.78 is 39.7. The molecule has 6 rings (SSSR count). The quantitative estimate of drug-likeness (QED) is 0.314. The molecule has 6 atom stereocenters. The maximum absolute atomic E-state index is 14.1. The van der Waals surface area contributed by atoms with E-state index in [9.17, 15) is 18.0 Å². The van der Waals surface area contributed by atoms with Crippen molar-refractivity contribution in [1.82, 2.24) is 0 Å². The highest BCUT2D eigenvalue weighted by atomic mass is 32.2. The SMILES string of the molecule is CC(=O)Oc1ccc2c(c1)CC[C@@H]1[C@@H]2CC[C@]2(C)[C@]3(OC(C)=O)C=C[C@]12CC3S(=O)(=O)c1ccccc1. The van der Waals surface area contributed by atoms with Crippen LogP contribution in [-0.2, 0) is 30.6 Å². The van der Waals surface area contributed by atoms with Crippen LogP contribution in [0.5, 0.6) is 5.75 Å². The molecular formula is C30H32O6S. The van der Waals surface area contributed by atoms with E-state index in [0.29, 0.717) is 12.2 Å². The van der Waals surface area contributed by atoms with E-state index in [1.54, 1.807) is 30.3 Å². The third-order valence-corrected chi connectivity index (χ3v) is 12.1. The lowest BCUT2D eigenvalue weighted by Gasteiger charge is -2.56. The van der Waals surface area contributed by atoms with E-state index in [4.69, 9.17) is 9.47 Å². The second kappa shape index (κ2) is 8.03. The van der Waals surface area contributed by atoms with Gasteiger partial charge in [-0.25, -0.2) is 8.42 Å². The molecule has 2 aromatic carbocycles. The van der Waals surface area contributed by atoms with Crippen molar-refractivity contribution in [1.29, 1.82) is 0 Å². The number of carbonyl (C=O) groups is 2. The van der Waals surface area contributed by atoms with E-state index in [0.717, 1.165) is 25.7 Å². The Bertz CT molecular complexity index is 1430. The standard InChI is InChI=1S/C30H32O6S/c1-19(31)35-22-10-11-24-21(17-22)9-12-26-25(24)13-14-28(3)29(26)15-16-30(28,36-20(2)32)27(18-29)37(33,34)23-7-5-4-6-8-23/h4-8,10-11,15-17,25-27H,9,12-14,18H2,1-3H3/t25-,26-,27?,28+,29+,30+/m1/s1. The molecule has 4 aliphatic carbocycles. The van der Waals surface area contributed by atoms with E-state index in [1.807, 2.05) is 18.2 Å². The van der Waals surface area contributed by atoms with Crippen LogP contribution in [0.1, 0.15) is 63.5 Å². The van der Waals surface area contributed by atoms with Crippen molar-refractivity contribution >= 4 is 21.8 Å². The van der Waals surface area contributed by atoms with Crippen LogP contribution in [0.15, 0.2) is 65.6 Å². The summed E-state index contributed by atoms with van der Waals surface area (Å²) in [6.45, 7) is 4.92. The second-order valence-corrected chi connectivity index (χ2v) is 13.5. The molecule has 37 heavy (non-hydrogen) atoms. The number of esters is 2. The zero-order valence-electron chi connectivity index (χ0n) is 21.4. The van der Waals surface area contributed by atoms with Crippen molar-refractivity contribution < 1.29 is 27.5 Å². The Hall–Kier alpha value is -2.93. The molecule has 194 valence electrons. The molecule has 2 bridgehead atoms. The number of hydrogen-bond donors (Lipinski definition) is 0. The van der Waals surface area contributed by atoms with Gasteiger partial charge in [-0.2, -0.15) is 0 Å². The average Bonchev–Trinajstić information content (AvgIpc) is 3.24. The van der Waals surface area contributed by atoms with E-state index >= 15 is 0 Å². The van der Waals surface area contributed by atoms with Crippen LogP contribution in [0.4, 0.5) is 0 Å². The molecule has 0 spiro atoms. The molecule has 0 radical (unpaired) electrons. The first kappa shape index (κ1) is 24.4. The number of benzene rings is 2. The summed E-state index contributed by atoms with van der Waals surface area (Å²) in [5.74, 6) is 0.261. The van der Waals surface area contributed by atoms with Crippen LogP contribution in [0.2, 0.25) is 0 Å². The van der Waals surface area contributed by atoms with Gasteiger partial charge in [-0.3, -0.25) is 9.59 Å². The summed E-state index contributed by atoms with van der Waals surface area (Å²) >= 11 is 0. The number of aryl methyl sites for hydroxylation is 1. The van der Waals surface area contributed by atoms with E-state index < -0.39 is 37.5 Å². The summed E-state index contributed by atoms with van der Waals surface area (Å²) in [4.78, 5) is 24.2. The Labute approximate surface area is 218 Å². The monoisotopic (exact) mass is 520 g/mol. The van der Waals surface area contributed by atoms with Gasteiger partial charge in [0.1, 0.15) is 11.0 Å². The predicted molar refractivity (Wildman–Crippen MR) is 138 cm³/mol. The van der Waals surface area contributed by atoms with Crippen molar-refractivity contribution in [3.05, 3.63) is 71.8 Å². The van der Waals surface area contributed by atoms with Gasteiger partial charge in [0.2, 0.25) is 0 Å². The molecule has 6 nitrogen and oxygen atoms in total. The van der Waals surface area contributed by atoms with Crippen LogP contribution in [0.3, 0.4) is 0 Å². The van der Waals surface area contributed by atoms with Gasteiger partial charge in [0.05, 0.1) is 4.90 Å². The molecule has 4 aliphatic rings. The molecule has 2 fully saturated rings. The molecular weight excluding hydrogens is 488 g/mol. The molecule has 0 amide bonds. The molecule has 0 aromatic heterocycles. The Kier molecular flexibility index (Phi) is 5.30. The van der Waals surface area contributed by atoms with Crippen molar-refractivity contribution in [3.8, 4) is 5.75 Å². The molecule has 0 saturated heterocycles. The van der Waals surface area contributed by atoms with Crippen molar-refractivity contribution in [3.63, 3.8) is 0 Å². The van der Waals surface area contributed by atoms with E-state index in [-0.39, 0.29) is 22.7 Å². The highest BCUT2D eigenvalue weighted by molar-refractivity contribution is 7.92. The number of rotatable bonds is 4. The topological polar surface area (TPSA) is 86.7 Å². The maximum atomic E-state index is 14.1. The fraction of sp³-hybridized carbons (Fsp3) is 0.467. The highest BCUT2D eigenvalue weighted by Crippen LogP contribution is 2.76. The molecule has 2 aromatic rings. The van der Waals surface area contributed by atoms with Gasteiger partial charge >= 0.3 is 11.9 Å². The van der Waals surface area contributed by atoms with Gasteiger partial charge in [-0.05, 0) is 85.4 Å². The normalized spacial score (nSPS) is 35.3. The van der Waals surface area contributed by atoms with Gasteiger partial charge in [0.25, 0.3) is 0 Å². The van der Waals surface area contributed by atoms with Crippen molar-refractivity contribution in [2.45, 2.75) is 74.5 Å². The lowest BCUT2D eigenvalue weighted by Crippen LogP contribution is -2.56. The van der Waals surface area contributed by atoms with Crippen LogP contribution >= 0.6 is 0 Å². The molecule has 7 heteroatoms. The lowest BCUT2D eigenvalue weighted by atomic mass is 9.48. The van der Waals surface area contributed by atoms with Gasteiger partial charge in [-0.1, -0.05) is 37.3 Å².